The van der Waals surface area contributed by atoms with Crippen molar-refractivity contribution in [2.24, 2.45) is 0 Å². The highest BCUT2D eigenvalue weighted by Gasteiger charge is 2.33. The van der Waals surface area contributed by atoms with Crippen molar-refractivity contribution in [3.63, 3.8) is 0 Å². The van der Waals surface area contributed by atoms with Crippen LogP contribution in [-0.4, -0.2) is 58.5 Å². The summed E-state index contributed by atoms with van der Waals surface area (Å²) in [6, 6.07) is 17.7. The summed E-state index contributed by atoms with van der Waals surface area (Å²) < 4.78 is 40.7. The van der Waals surface area contributed by atoms with Crippen molar-refractivity contribution < 1.29 is 27.5 Å². The normalized spacial score (nSPS) is 11.9. The number of nitrogens with zero attached hydrogens (tertiary/aromatic N) is 2. The standard InChI is InChI=1S/C31H38BrN3O6S/c1-6-7-18-33-31(37)23(3)34(20-24-10-12-25(32)13-11-24)30(36)21-35(26-14-8-22(2)9-15-26)42(38,39)27-16-17-28(40-4)29(19-27)41-5/h8-17,19,23H,6-7,18,20-21H2,1-5H3,(H,33,37)/t23-/m1/s1. The molecule has 3 aromatic carbocycles. The summed E-state index contributed by atoms with van der Waals surface area (Å²) in [7, 11) is -1.37. The maximum atomic E-state index is 14.1. The molecule has 0 saturated carbocycles. The third-order valence-electron chi connectivity index (χ3n) is 6.81. The van der Waals surface area contributed by atoms with Gasteiger partial charge in [0.05, 0.1) is 24.8 Å². The van der Waals surface area contributed by atoms with E-state index in [2.05, 4.69) is 21.2 Å². The van der Waals surface area contributed by atoms with Crippen LogP contribution in [0.25, 0.3) is 0 Å². The molecule has 11 heteroatoms. The molecule has 1 atom stereocenters. The molecule has 0 radical (unpaired) electrons. The number of aryl methyl sites for hydroxylation is 1. The van der Waals surface area contributed by atoms with Crippen molar-refractivity contribution in [3.8, 4) is 11.5 Å². The van der Waals surface area contributed by atoms with E-state index in [0.29, 0.717) is 18.0 Å². The lowest BCUT2D eigenvalue weighted by molar-refractivity contribution is -0.139. The maximum absolute atomic E-state index is 14.1. The first-order valence-electron chi connectivity index (χ1n) is 13.6. The maximum Gasteiger partial charge on any atom is 0.264 e. The van der Waals surface area contributed by atoms with Crippen molar-refractivity contribution >= 4 is 43.5 Å². The molecule has 1 N–H and O–H groups in total. The summed E-state index contributed by atoms with van der Waals surface area (Å²) in [5, 5.41) is 2.89. The molecule has 3 rings (SSSR count). The molecule has 0 unspecified atom stereocenters. The van der Waals surface area contributed by atoms with E-state index in [0.717, 1.165) is 32.7 Å². The highest BCUT2D eigenvalue weighted by Crippen LogP contribution is 2.32. The molecule has 42 heavy (non-hydrogen) atoms. The van der Waals surface area contributed by atoms with Crippen molar-refractivity contribution in [2.75, 3.05) is 31.6 Å². The van der Waals surface area contributed by atoms with Gasteiger partial charge in [0.2, 0.25) is 11.8 Å². The van der Waals surface area contributed by atoms with Crippen molar-refractivity contribution in [3.05, 3.63) is 82.3 Å². The zero-order valence-corrected chi connectivity index (χ0v) is 27.0. The molecule has 0 aliphatic heterocycles. The number of carbonyl (C=O) groups is 2. The van der Waals surface area contributed by atoms with E-state index in [1.54, 1.807) is 31.2 Å². The number of anilines is 1. The number of unbranched alkanes of at least 4 members (excludes halogenated alkanes) is 1. The zero-order valence-electron chi connectivity index (χ0n) is 24.6. The second-order valence-electron chi connectivity index (χ2n) is 9.83. The first-order chi connectivity index (χ1) is 20.0. The third-order valence-corrected chi connectivity index (χ3v) is 9.11. The van der Waals surface area contributed by atoms with Crippen LogP contribution in [0.5, 0.6) is 11.5 Å². The number of hydrogen-bond donors (Lipinski definition) is 1. The van der Waals surface area contributed by atoms with Gasteiger partial charge in [-0.25, -0.2) is 8.42 Å². The molecule has 9 nitrogen and oxygen atoms in total. The van der Waals surface area contributed by atoms with Crippen LogP contribution in [0, 0.1) is 6.92 Å². The predicted octanol–water partition coefficient (Wildman–Crippen LogP) is 5.30. The van der Waals surface area contributed by atoms with Gasteiger partial charge in [-0.1, -0.05) is 59.1 Å². The molecule has 0 aromatic heterocycles. The fraction of sp³-hybridized carbons (Fsp3) is 0.355. The zero-order chi connectivity index (χ0) is 30.9. The van der Waals surface area contributed by atoms with Gasteiger partial charge in [-0.15, -0.1) is 0 Å². The Morgan fingerprint density at radius 1 is 0.952 bits per heavy atom. The Labute approximate surface area is 257 Å². The number of methoxy groups -OCH3 is 2. The van der Waals surface area contributed by atoms with Crippen LogP contribution in [0.4, 0.5) is 5.69 Å². The van der Waals surface area contributed by atoms with Gasteiger partial charge in [-0.3, -0.25) is 13.9 Å². The van der Waals surface area contributed by atoms with Crippen LogP contribution in [0.1, 0.15) is 37.8 Å². The van der Waals surface area contributed by atoms with Crippen molar-refractivity contribution in [1.82, 2.24) is 10.2 Å². The molecule has 0 saturated heterocycles. The summed E-state index contributed by atoms with van der Waals surface area (Å²) >= 11 is 3.42. The van der Waals surface area contributed by atoms with E-state index in [-0.39, 0.29) is 23.1 Å². The van der Waals surface area contributed by atoms with Crippen LogP contribution >= 0.6 is 15.9 Å². The van der Waals surface area contributed by atoms with Crippen LogP contribution in [0.15, 0.2) is 76.1 Å². The van der Waals surface area contributed by atoms with Gasteiger partial charge >= 0.3 is 0 Å². The van der Waals surface area contributed by atoms with Gasteiger partial charge < -0.3 is 19.7 Å². The highest BCUT2D eigenvalue weighted by molar-refractivity contribution is 9.10. The van der Waals surface area contributed by atoms with Gasteiger partial charge in [0.1, 0.15) is 12.6 Å². The minimum Gasteiger partial charge on any atom is -0.493 e. The minimum absolute atomic E-state index is 0.0710. The van der Waals surface area contributed by atoms with Crippen LogP contribution < -0.4 is 19.1 Å². The topological polar surface area (TPSA) is 105 Å². The average molecular weight is 661 g/mol. The Balaban J connectivity index is 2.03. The lowest BCUT2D eigenvalue weighted by Crippen LogP contribution is -2.51. The summed E-state index contributed by atoms with van der Waals surface area (Å²) in [4.78, 5) is 28.5. The molecule has 0 spiro atoms. The van der Waals surface area contributed by atoms with E-state index in [1.807, 2.05) is 38.1 Å². The van der Waals surface area contributed by atoms with Crippen LogP contribution in [0.3, 0.4) is 0 Å². The first-order valence-corrected chi connectivity index (χ1v) is 15.9. The number of ether oxygens (including phenoxy) is 2. The molecular weight excluding hydrogens is 622 g/mol. The number of rotatable bonds is 14. The van der Waals surface area contributed by atoms with Crippen LogP contribution in [0.2, 0.25) is 0 Å². The number of halogens is 1. The highest BCUT2D eigenvalue weighted by atomic mass is 79.9. The van der Waals surface area contributed by atoms with E-state index >= 15 is 0 Å². The van der Waals surface area contributed by atoms with E-state index < -0.39 is 28.5 Å². The smallest absolute Gasteiger partial charge is 0.264 e. The van der Waals surface area contributed by atoms with Crippen molar-refractivity contribution in [2.45, 2.75) is 51.1 Å². The molecular formula is C31H38BrN3O6S. The van der Waals surface area contributed by atoms with Crippen LogP contribution in [-0.2, 0) is 26.2 Å². The predicted molar refractivity (Wildman–Crippen MR) is 167 cm³/mol. The number of amides is 2. The molecule has 0 aliphatic carbocycles. The number of nitrogens with one attached hydrogen (secondary N) is 1. The minimum atomic E-state index is -4.25. The largest absolute Gasteiger partial charge is 0.493 e. The molecule has 3 aromatic rings. The lowest BCUT2D eigenvalue weighted by Gasteiger charge is -2.32. The molecule has 0 aliphatic rings. The number of sulfonamides is 1. The number of benzene rings is 3. The van der Waals surface area contributed by atoms with Gasteiger partial charge in [-0.2, -0.15) is 0 Å². The fourth-order valence-corrected chi connectivity index (χ4v) is 5.94. The Bertz CT molecular complexity index is 1460. The van der Waals surface area contributed by atoms with Gasteiger partial charge in [0, 0.05) is 23.6 Å². The van der Waals surface area contributed by atoms with Gasteiger partial charge in [-0.05, 0) is 62.2 Å². The Morgan fingerprint density at radius 3 is 2.19 bits per heavy atom. The monoisotopic (exact) mass is 659 g/mol. The summed E-state index contributed by atoms with van der Waals surface area (Å²) in [5.74, 6) is -0.222. The Hall–Kier alpha value is -3.57. The summed E-state index contributed by atoms with van der Waals surface area (Å²) in [6.45, 7) is 5.65. The SMILES string of the molecule is CCCCNC(=O)[C@@H](C)N(Cc1ccc(Br)cc1)C(=O)CN(c1ccc(C)cc1)S(=O)(=O)c1ccc(OC)c(OC)c1. The average Bonchev–Trinajstić information content (AvgIpc) is 2.99. The van der Waals surface area contributed by atoms with E-state index in [4.69, 9.17) is 9.47 Å². The molecule has 0 bridgehead atoms. The lowest BCUT2D eigenvalue weighted by atomic mass is 10.1. The molecule has 2 amide bonds. The number of carbonyl (C=O) groups excluding carboxylic acids is 2. The fourth-order valence-electron chi connectivity index (χ4n) is 4.25. The van der Waals surface area contributed by atoms with E-state index in [9.17, 15) is 18.0 Å². The first kappa shape index (κ1) is 32.9. The van der Waals surface area contributed by atoms with Gasteiger partial charge in [0.15, 0.2) is 11.5 Å². The summed E-state index contributed by atoms with van der Waals surface area (Å²) in [6.07, 6.45) is 1.72. The molecule has 0 heterocycles. The van der Waals surface area contributed by atoms with Gasteiger partial charge in [0.25, 0.3) is 10.0 Å². The Kier molecular flexibility index (Phi) is 11.8. The van der Waals surface area contributed by atoms with E-state index in [1.165, 1.54) is 37.3 Å². The van der Waals surface area contributed by atoms with Crippen molar-refractivity contribution in [1.29, 1.82) is 0 Å². The summed E-state index contributed by atoms with van der Waals surface area (Å²) in [5.41, 5.74) is 2.04. The molecule has 0 fully saturated rings. The molecule has 226 valence electrons. The second kappa shape index (κ2) is 15.1. The third kappa shape index (κ3) is 8.25. The Morgan fingerprint density at radius 2 is 1.60 bits per heavy atom. The number of hydrogen-bond acceptors (Lipinski definition) is 6. The quantitative estimate of drug-likeness (QED) is 0.235. The second-order valence-corrected chi connectivity index (χ2v) is 12.6.